The number of likely N-dealkylation sites (N-methyl/N-ethyl adjacent to an activating group) is 1. The first-order valence-electron chi connectivity index (χ1n) is 6.67. The largest absolute Gasteiger partial charge is 0.312 e. The Kier molecular flexibility index (Phi) is 5.16. The second kappa shape index (κ2) is 6.06. The summed E-state index contributed by atoms with van der Waals surface area (Å²) in [5, 5.41) is 3.32. The van der Waals surface area contributed by atoms with Crippen molar-refractivity contribution in [3.8, 4) is 0 Å². The van der Waals surface area contributed by atoms with Crippen molar-refractivity contribution in [3.05, 3.63) is 35.4 Å². The van der Waals surface area contributed by atoms with Gasteiger partial charge in [0.2, 0.25) is 0 Å². The first kappa shape index (κ1) is 16.2. The second-order valence-corrected chi connectivity index (χ2v) is 8.28. The van der Waals surface area contributed by atoms with Crippen LogP contribution in [0.1, 0.15) is 31.9 Å². The molecular formula is C15H25NO2S. The Morgan fingerprint density at radius 3 is 2.42 bits per heavy atom. The van der Waals surface area contributed by atoms with Gasteiger partial charge in [0.25, 0.3) is 0 Å². The van der Waals surface area contributed by atoms with Gasteiger partial charge >= 0.3 is 0 Å². The van der Waals surface area contributed by atoms with Crippen molar-refractivity contribution in [2.24, 2.45) is 0 Å². The minimum absolute atomic E-state index is 0.0886. The molecule has 1 atom stereocenters. The fourth-order valence-electron chi connectivity index (χ4n) is 2.14. The Morgan fingerprint density at radius 2 is 1.95 bits per heavy atom. The van der Waals surface area contributed by atoms with E-state index in [4.69, 9.17) is 0 Å². The van der Waals surface area contributed by atoms with Crippen LogP contribution in [-0.4, -0.2) is 32.0 Å². The summed E-state index contributed by atoms with van der Waals surface area (Å²) in [6.07, 6.45) is 2.03. The number of sulfone groups is 1. The molecule has 0 bridgehead atoms. The molecule has 0 radical (unpaired) electrons. The lowest BCUT2D eigenvalue weighted by Gasteiger charge is -2.33. The molecule has 0 aliphatic rings. The van der Waals surface area contributed by atoms with E-state index in [1.807, 2.05) is 26.0 Å². The van der Waals surface area contributed by atoms with Crippen LogP contribution < -0.4 is 5.32 Å². The molecule has 4 heteroatoms. The predicted molar refractivity (Wildman–Crippen MR) is 81.3 cm³/mol. The summed E-state index contributed by atoms with van der Waals surface area (Å²) in [5.41, 5.74) is 2.37. The van der Waals surface area contributed by atoms with E-state index in [1.54, 1.807) is 13.8 Å². The first-order chi connectivity index (χ1) is 8.68. The van der Waals surface area contributed by atoms with Crippen LogP contribution in [0, 0.1) is 6.92 Å². The van der Waals surface area contributed by atoms with Crippen molar-refractivity contribution in [2.45, 2.75) is 44.9 Å². The number of nitrogens with one attached hydrogen (secondary N) is 1. The van der Waals surface area contributed by atoms with E-state index in [9.17, 15) is 8.42 Å². The van der Waals surface area contributed by atoms with Crippen LogP contribution in [0.4, 0.5) is 0 Å². The minimum atomic E-state index is -3.12. The van der Waals surface area contributed by atoms with Gasteiger partial charge in [-0.1, -0.05) is 36.8 Å². The Bertz CT molecular complexity index is 521. The monoisotopic (exact) mass is 283 g/mol. The van der Waals surface area contributed by atoms with E-state index in [0.29, 0.717) is 0 Å². The van der Waals surface area contributed by atoms with E-state index in [-0.39, 0.29) is 6.04 Å². The maximum atomic E-state index is 12.0. The standard InChI is InChI=1S/C15H25NO2S/c1-6-16-14(15(3,4)19(5,17)18)11-13-9-7-8-12(2)10-13/h7-10,14,16H,6,11H2,1-5H3. The maximum Gasteiger partial charge on any atom is 0.154 e. The molecule has 1 unspecified atom stereocenters. The molecule has 0 saturated carbocycles. The van der Waals surface area contributed by atoms with Gasteiger partial charge in [0.1, 0.15) is 0 Å². The molecule has 0 aliphatic carbocycles. The highest BCUT2D eigenvalue weighted by atomic mass is 32.2. The Hall–Kier alpha value is -0.870. The van der Waals surface area contributed by atoms with Crippen molar-refractivity contribution in [3.63, 3.8) is 0 Å². The lowest BCUT2D eigenvalue weighted by molar-refractivity contribution is 0.413. The molecule has 0 saturated heterocycles. The molecule has 0 fully saturated rings. The Labute approximate surface area is 117 Å². The quantitative estimate of drug-likeness (QED) is 0.871. The zero-order valence-corrected chi connectivity index (χ0v) is 13.3. The van der Waals surface area contributed by atoms with Gasteiger partial charge in [0.05, 0.1) is 4.75 Å². The van der Waals surface area contributed by atoms with Gasteiger partial charge in [-0.05, 0) is 39.3 Å². The summed E-state index contributed by atoms with van der Waals surface area (Å²) in [4.78, 5) is 0. The third kappa shape index (κ3) is 4.05. The summed E-state index contributed by atoms with van der Waals surface area (Å²) in [6.45, 7) is 8.40. The highest BCUT2D eigenvalue weighted by Gasteiger charge is 2.38. The molecule has 0 aliphatic heterocycles. The summed E-state index contributed by atoms with van der Waals surface area (Å²) in [6, 6.07) is 8.14. The Morgan fingerprint density at radius 1 is 1.32 bits per heavy atom. The van der Waals surface area contributed by atoms with Crippen molar-refractivity contribution < 1.29 is 8.42 Å². The van der Waals surface area contributed by atoms with Crippen LogP contribution >= 0.6 is 0 Å². The lowest BCUT2D eigenvalue weighted by atomic mass is 9.95. The third-order valence-corrected chi connectivity index (χ3v) is 5.96. The van der Waals surface area contributed by atoms with Gasteiger partial charge in [-0.15, -0.1) is 0 Å². The molecule has 108 valence electrons. The van der Waals surface area contributed by atoms with Crippen LogP contribution in [0.3, 0.4) is 0 Å². The smallest absolute Gasteiger partial charge is 0.154 e. The molecule has 1 N–H and O–H groups in total. The molecule has 1 aromatic carbocycles. The molecule has 0 aromatic heterocycles. The molecule has 0 heterocycles. The molecule has 19 heavy (non-hydrogen) atoms. The van der Waals surface area contributed by atoms with Crippen LogP contribution in [0.5, 0.6) is 0 Å². The summed E-state index contributed by atoms with van der Waals surface area (Å²) in [5.74, 6) is 0. The molecular weight excluding hydrogens is 258 g/mol. The minimum Gasteiger partial charge on any atom is -0.312 e. The van der Waals surface area contributed by atoms with E-state index < -0.39 is 14.6 Å². The van der Waals surface area contributed by atoms with E-state index in [0.717, 1.165) is 13.0 Å². The number of hydrogen-bond donors (Lipinski definition) is 1. The second-order valence-electron chi connectivity index (χ2n) is 5.68. The highest BCUT2D eigenvalue weighted by Crippen LogP contribution is 2.23. The molecule has 0 spiro atoms. The van der Waals surface area contributed by atoms with Crippen LogP contribution in [0.15, 0.2) is 24.3 Å². The lowest BCUT2D eigenvalue weighted by Crippen LogP contribution is -2.52. The van der Waals surface area contributed by atoms with Gasteiger partial charge in [0, 0.05) is 12.3 Å². The zero-order valence-electron chi connectivity index (χ0n) is 12.5. The van der Waals surface area contributed by atoms with Crippen LogP contribution in [-0.2, 0) is 16.3 Å². The summed E-state index contributed by atoms with van der Waals surface area (Å²) >= 11 is 0. The van der Waals surface area contributed by atoms with Crippen LogP contribution in [0.2, 0.25) is 0 Å². The van der Waals surface area contributed by atoms with Gasteiger partial charge in [-0.3, -0.25) is 0 Å². The molecule has 1 aromatic rings. The molecule has 0 amide bonds. The fraction of sp³-hybridized carbons (Fsp3) is 0.600. The average Bonchev–Trinajstić information content (AvgIpc) is 2.27. The zero-order chi connectivity index (χ0) is 14.7. The summed E-state index contributed by atoms with van der Waals surface area (Å²) < 4.78 is 23.2. The molecule has 3 nitrogen and oxygen atoms in total. The summed E-state index contributed by atoms with van der Waals surface area (Å²) in [7, 11) is -3.12. The number of benzene rings is 1. The normalized spacial score (nSPS) is 14.4. The average molecular weight is 283 g/mol. The first-order valence-corrected chi connectivity index (χ1v) is 8.56. The van der Waals surface area contributed by atoms with E-state index in [1.165, 1.54) is 17.4 Å². The van der Waals surface area contributed by atoms with Gasteiger partial charge < -0.3 is 5.32 Å². The van der Waals surface area contributed by atoms with Gasteiger partial charge in [0.15, 0.2) is 9.84 Å². The number of aryl methyl sites for hydroxylation is 1. The maximum absolute atomic E-state index is 12.0. The van der Waals surface area contributed by atoms with Crippen molar-refractivity contribution in [2.75, 3.05) is 12.8 Å². The predicted octanol–water partition coefficient (Wildman–Crippen LogP) is 2.34. The van der Waals surface area contributed by atoms with Crippen LogP contribution in [0.25, 0.3) is 0 Å². The number of rotatable bonds is 6. The van der Waals surface area contributed by atoms with Crippen molar-refractivity contribution >= 4 is 9.84 Å². The van der Waals surface area contributed by atoms with Gasteiger partial charge in [-0.25, -0.2) is 8.42 Å². The van der Waals surface area contributed by atoms with E-state index in [2.05, 4.69) is 17.4 Å². The van der Waals surface area contributed by atoms with Gasteiger partial charge in [-0.2, -0.15) is 0 Å². The SMILES string of the molecule is CCNC(Cc1cccc(C)c1)C(C)(C)S(C)(=O)=O. The third-order valence-electron chi connectivity index (χ3n) is 3.77. The highest BCUT2D eigenvalue weighted by molar-refractivity contribution is 7.92. The topological polar surface area (TPSA) is 46.2 Å². The Balaban J connectivity index is 3.02. The van der Waals surface area contributed by atoms with Crippen molar-refractivity contribution in [1.82, 2.24) is 5.32 Å². The van der Waals surface area contributed by atoms with Crippen molar-refractivity contribution in [1.29, 1.82) is 0 Å². The number of hydrogen-bond acceptors (Lipinski definition) is 3. The fourth-order valence-corrected chi connectivity index (χ4v) is 2.83. The van der Waals surface area contributed by atoms with E-state index >= 15 is 0 Å². The molecule has 1 rings (SSSR count).